The van der Waals surface area contributed by atoms with Crippen LogP contribution in [0.25, 0.3) is 11.1 Å². The van der Waals surface area contributed by atoms with Gasteiger partial charge in [0, 0.05) is 47.8 Å². The quantitative estimate of drug-likeness (QED) is 0.730. The number of ether oxygens (including phenoxy) is 2. The third-order valence-electron chi connectivity index (χ3n) is 5.36. The van der Waals surface area contributed by atoms with E-state index < -0.39 is 0 Å². The summed E-state index contributed by atoms with van der Waals surface area (Å²) in [4.78, 5) is 16.1. The van der Waals surface area contributed by atoms with Gasteiger partial charge in [0.2, 0.25) is 5.91 Å². The Labute approximate surface area is 171 Å². The summed E-state index contributed by atoms with van der Waals surface area (Å²) in [6, 6.07) is 5.87. The second-order valence-electron chi connectivity index (χ2n) is 8.57. The first kappa shape index (κ1) is 19.7. The molecule has 1 aliphatic heterocycles. The molecular formula is C23H29N3O3. The van der Waals surface area contributed by atoms with Crippen molar-refractivity contribution in [2.75, 3.05) is 11.9 Å². The lowest BCUT2D eigenvalue weighted by Gasteiger charge is -2.30. The van der Waals surface area contributed by atoms with Crippen LogP contribution in [0.15, 0.2) is 30.6 Å². The second kappa shape index (κ2) is 8.03. The van der Waals surface area contributed by atoms with Gasteiger partial charge in [-0.05, 0) is 37.3 Å². The van der Waals surface area contributed by atoms with E-state index in [1.54, 1.807) is 6.20 Å². The van der Waals surface area contributed by atoms with Gasteiger partial charge < -0.3 is 20.5 Å². The van der Waals surface area contributed by atoms with Gasteiger partial charge in [-0.25, -0.2) is 0 Å². The van der Waals surface area contributed by atoms with E-state index in [2.05, 4.69) is 24.1 Å². The first-order valence-electron chi connectivity index (χ1n) is 10.4. The minimum Gasteiger partial charge on any atom is -0.492 e. The molecule has 4 rings (SSSR count). The highest BCUT2D eigenvalue weighted by molar-refractivity contribution is 5.96. The number of nitrogens with zero attached hydrogens (tertiary/aromatic N) is 1. The maximum Gasteiger partial charge on any atom is 0.221 e. The van der Waals surface area contributed by atoms with Gasteiger partial charge in [0.25, 0.3) is 0 Å². The number of nitrogens with two attached hydrogens (primary N) is 1. The number of fused-ring (bicyclic) bond motifs is 3. The van der Waals surface area contributed by atoms with Crippen LogP contribution < -0.4 is 20.5 Å². The van der Waals surface area contributed by atoms with E-state index in [-0.39, 0.29) is 18.1 Å². The largest absolute Gasteiger partial charge is 0.492 e. The first-order chi connectivity index (χ1) is 13.9. The van der Waals surface area contributed by atoms with Crippen LogP contribution in [0, 0.1) is 11.8 Å². The van der Waals surface area contributed by atoms with Gasteiger partial charge in [0.05, 0.1) is 11.9 Å². The summed E-state index contributed by atoms with van der Waals surface area (Å²) in [5.41, 5.74) is 9.86. The number of carbonyl (C=O) groups excluding carboxylic acids is 1. The van der Waals surface area contributed by atoms with E-state index in [4.69, 9.17) is 15.2 Å². The Balaban J connectivity index is 1.65. The highest BCUT2D eigenvalue weighted by Crippen LogP contribution is 2.53. The second-order valence-corrected chi connectivity index (χ2v) is 8.57. The molecule has 0 bridgehead atoms. The van der Waals surface area contributed by atoms with Crippen molar-refractivity contribution < 1.29 is 14.3 Å². The summed E-state index contributed by atoms with van der Waals surface area (Å²) in [5.74, 6) is 2.44. The van der Waals surface area contributed by atoms with Crippen LogP contribution in [-0.2, 0) is 4.79 Å². The van der Waals surface area contributed by atoms with Gasteiger partial charge in [-0.2, -0.15) is 0 Å². The Morgan fingerprint density at radius 2 is 2.14 bits per heavy atom. The van der Waals surface area contributed by atoms with Crippen LogP contribution in [-0.4, -0.2) is 23.5 Å². The number of rotatable bonds is 7. The molecule has 2 atom stereocenters. The Morgan fingerprint density at radius 1 is 1.34 bits per heavy atom. The zero-order chi connectivity index (χ0) is 20.5. The molecule has 0 radical (unpaired) electrons. The van der Waals surface area contributed by atoms with E-state index in [9.17, 15) is 4.79 Å². The van der Waals surface area contributed by atoms with E-state index in [0.717, 1.165) is 53.1 Å². The molecule has 3 N–H and O–H groups in total. The third kappa shape index (κ3) is 4.37. The third-order valence-corrected chi connectivity index (χ3v) is 5.36. The standard InChI is InChI=1S/C23H29N3O3/c1-13(2)8-16(24)12-28-17-6-7-18-21(9-17)29-23(15-4-5-15)19-10-25-11-20(22(18)19)26-14(3)27/h6-7,9-11,13,15-16,23H,4-5,8,12,24H2,1-3H3,(H,26,27). The number of anilines is 1. The molecule has 6 heteroatoms. The van der Waals surface area contributed by atoms with Crippen molar-refractivity contribution in [2.24, 2.45) is 17.6 Å². The van der Waals surface area contributed by atoms with Crippen molar-refractivity contribution in [1.82, 2.24) is 4.98 Å². The number of amides is 1. The summed E-state index contributed by atoms with van der Waals surface area (Å²) in [7, 11) is 0. The number of benzene rings is 1. The fourth-order valence-corrected chi connectivity index (χ4v) is 4.00. The minimum absolute atomic E-state index is 0.00401. The van der Waals surface area contributed by atoms with Crippen molar-refractivity contribution in [3.63, 3.8) is 0 Å². The number of hydrogen-bond acceptors (Lipinski definition) is 5. The molecule has 1 amide bonds. The first-order valence-corrected chi connectivity index (χ1v) is 10.4. The van der Waals surface area contributed by atoms with E-state index in [0.29, 0.717) is 18.4 Å². The molecule has 2 unspecified atom stereocenters. The van der Waals surface area contributed by atoms with Crippen molar-refractivity contribution in [3.05, 3.63) is 36.2 Å². The molecule has 154 valence electrons. The Morgan fingerprint density at radius 3 is 2.83 bits per heavy atom. The average Bonchev–Trinajstić information content (AvgIpc) is 3.49. The van der Waals surface area contributed by atoms with Crippen LogP contribution in [0.2, 0.25) is 0 Å². The molecule has 0 saturated heterocycles. The van der Waals surface area contributed by atoms with Crippen molar-refractivity contribution in [2.45, 2.75) is 52.2 Å². The molecule has 2 heterocycles. The monoisotopic (exact) mass is 395 g/mol. The molecule has 1 saturated carbocycles. The van der Waals surface area contributed by atoms with Gasteiger partial charge in [0.15, 0.2) is 0 Å². The number of hydrogen-bond donors (Lipinski definition) is 2. The van der Waals surface area contributed by atoms with E-state index >= 15 is 0 Å². The predicted octanol–water partition coefficient (Wildman–Crippen LogP) is 4.30. The summed E-state index contributed by atoms with van der Waals surface area (Å²) >= 11 is 0. The van der Waals surface area contributed by atoms with Crippen LogP contribution >= 0.6 is 0 Å². The lowest BCUT2D eigenvalue weighted by atomic mass is 9.91. The van der Waals surface area contributed by atoms with Crippen LogP contribution in [0.4, 0.5) is 5.69 Å². The predicted molar refractivity (Wildman–Crippen MR) is 113 cm³/mol. The molecule has 0 spiro atoms. The van der Waals surface area contributed by atoms with Crippen LogP contribution in [0.1, 0.15) is 51.7 Å². The van der Waals surface area contributed by atoms with Gasteiger partial charge in [-0.1, -0.05) is 13.8 Å². The fraction of sp³-hybridized carbons (Fsp3) is 0.478. The number of carbonyl (C=O) groups is 1. The topological polar surface area (TPSA) is 86.5 Å². The van der Waals surface area contributed by atoms with E-state index in [1.807, 2.05) is 24.4 Å². The molecule has 2 aromatic rings. The Kier molecular flexibility index (Phi) is 5.46. The molecular weight excluding hydrogens is 366 g/mol. The number of pyridine rings is 1. The Bertz CT molecular complexity index is 908. The Hall–Kier alpha value is -2.60. The highest BCUT2D eigenvalue weighted by atomic mass is 16.5. The smallest absolute Gasteiger partial charge is 0.221 e. The molecule has 2 aliphatic rings. The average molecular weight is 396 g/mol. The lowest BCUT2D eigenvalue weighted by Crippen LogP contribution is -2.29. The molecule has 1 aliphatic carbocycles. The van der Waals surface area contributed by atoms with Crippen molar-refractivity contribution >= 4 is 11.6 Å². The molecule has 1 fully saturated rings. The zero-order valence-corrected chi connectivity index (χ0v) is 17.3. The van der Waals surface area contributed by atoms with Gasteiger partial charge in [0.1, 0.15) is 24.2 Å². The lowest BCUT2D eigenvalue weighted by molar-refractivity contribution is -0.114. The summed E-state index contributed by atoms with van der Waals surface area (Å²) in [6.07, 6.45) is 6.73. The van der Waals surface area contributed by atoms with Gasteiger partial charge in [-0.3, -0.25) is 9.78 Å². The summed E-state index contributed by atoms with van der Waals surface area (Å²) in [6.45, 7) is 6.29. The fourth-order valence-electron chi connectivity index (χ4n) is 4.00. The highest BCUT2D eigenvalue weighted by Gasteiger charge is 2.39. The normalized spacial score (nSPS) is 18.4. The maximum atomic E-state index is 11.7. The molecule has 1 aromatic carbocycles. The molecule has 1 aromatic heterocycles. The zero-order valence-electron chi connectivity index (χ0n) is 17.3. The van der Waals surface area contributed by atoms with Gasteiger partial charge in [-0.15, -0.1) is 0 Å². The van der Waals surface area contributed by atoms with Crippen molar-refractivity contribution in [1.29, 1.82) is 0 Å². The maximum absolute atomic E-state index is 11.7. The molecule has 6 nitrogen and oxygen atoms in total. The summed E-state index contributed by atoms with van der Waals surface area (Å²) < 4.78 is 12.3. The minimum atomic E-state index is -0.115. The van der Waals surface area contributed by atoms with Crippen molar-refractivity contribution in [3.8, 4) is 22.6 Å². The van der Waals surface area contributed by atoms with Gasteiger partial charge >= 0.3 is 0 Å². The van der Waals surface area contributed by atoms with E-state index in [1.165, 1.54) is 6.92 Å². The van der Waals surface area contributed by atoms with Crippen LogP contribution in [0.5, 0.6) is 11.5 Å². The number of aromatic nitrogens is 1. The molecule has 29 heavy (non-hydrogen) atoms. The van der Waals surface area contributed by atoms with Crippen LogP contribution in [0.3, 0.4) is 0 Å². The SMILES string of the molecule is CC(=O)Nc1cncc2c1-c1ccc(OCC(N)CC(C)C)cc1OC2C1CC1. The number of nitrogens with one attached hydrogen (secondary N) is 1. The summed E-state index contributed by atoms with van der Waals surface area (Å²) in [5, 5.41) is 2.92.